The first kappa shape index (κ1) is 15.3. The standard InChI is InChI=1S/C13H17BrClNO2/c1-9(8-16-12(17)13(2,3)14)18-11-6-4-10(15)5-7-11/h4-7,9H,8H2,1-3H3,(H,16,17). The van der Waals surface area contributed by atoms with Crippen LogP contribution in [0.4, 0.5) is 0 Å². The van der Waals surface area contributed by atoms with E-state index in [1.54, 1.807) is 38.1 Å². The first-order valence-electron chi connectivity index (χ1n) is 5.68. The zero-order chi connectivity index (χ0) is 13.8. The molecule has 0 spiro atoms. The first-order valence-corrected chi connectivity index (χ1v) is 6.85. The molecule has 18 heavy (non-hydrogen) atoms. The Bertz CT molecular complexity index is 400. The molecule has 0 aliphatic rings. The molecule has 5 heteroatoms. The summed E-state index contributed by atoms with van der Waals surface area (Å²) in [4.78, 5) is 11.6. The second-order valence-corrected chi connectivity index (χ2v) is 6.98. The summed E-state index contributed by atoms with van der Waals surface area (Å²) >= 11 is 9.08. The van der Waals surface area contributed by atoms with Gasteiger partial charge < -0.3 is 10.1 Å². The monoisotopic (exact) mass is 333 g/mol. The van der Waals surface area contributed by atoms with Crippen LogP contribution >= 0.6 is 27.5 Å². The molecule has 0 saturated carbocycles. The van der Waals surface area contributed by atoms with E-state index in [1.807, 2.05) is 6.92 Å². The zero-order valence-corrected chi connectivity index (χ0v) is 13.0. The van der Waals surface area contributed by atoms with Crippen LogP contribution in [0.15, 0.2) is 24.3 Å². The lowest BCUT2D eigenvalue weighted by Crippen LogP contribution is -2.41. The smallest absolute Gasteiger partial charge is 0.236 e. The molecule has 0 radical (unpaired) electrons. The lowest BCUT2D eigenvalue weighted by atomic mass is 10.2. The van der Waals surface area contributed by atoms with Crippen molar-refractivity contribution >= 4 is 33.4 Å². The highest BCUT2D eigenvalue weighted by atomic mass is 79.9. The number of ether oxygens (including phenoxy) is 1. The van der Waals surface area contributed by atoms with Gasteiger partial charge in [0.1, 0.15) is 11.9 Å². The number of hydrogen-bond acceptors (Lipinski definition) is 2. The molecule has 0 aliphatic carbocycles. The molecule has 1 unspecified atom stereocenters. The van der Waals surface area contributed by atoms with Crippen LogP contribution < -0.4 is 10.1 Å². The molecule has 0 heterocycles. The highest BCUT2D eigenvalue weighted by Gasteiger charge is 2.23. The van der Waals surface area contributed by atoms with E-state index in [9.17, 15) is 4.79 Å². The molecule has 1 atom stereocenters. The fourth-order valence-corrected chi connectivity index (χ4v) is 1.50. The number of amides is 1. The predicted molar refractivity (Wildman–Crippen MR) is 77.6 cm³/mol. The van der Waals surface area contributed by atoms with Gasteiger partial charge in [0.25, 0.3) is 0 Å². The van der Waals surface area contributed by atoms with Gasteiger partial charge in [0.2, 0.25) is 5.91 Å². The van der Waals surface area contributed by atoms with Crippen molar-refractivity contribution in [1.82, 2.24) is 5.32 Å². The van der Waals surface area contributed by atoms with Crippen molar-refractivity contribution in [3.05, 3.63) is 29.3 Å². The molecule has 3 nitrogen and oxygen atoms in total. The summed E-state index contributed by atoms with van der Waals surface area (Å²) in [5.41, 5.74) is 0. The lowest BCUT2D eigenvalue weighted by molar-refractivity contribution is -0.122. The highest BCUT2D eigenvalue weighted by molar-refractivity contribution is 9.10. The van der Waals surface area contributed by atoms with E-state index < -0.39 is 4.32 Å². The molecule has 1 N–H and O–H groups in total. The third-order valence-corrected chi connectivity index (χ3v) is 2.85. The van der Waals surface area contributed by atoms with E-state index in [4.69, 9.17) is 16.3 Å². The van der Waals surface area contributed by atoms with E-state index in [2.05, 4.69) is 21.2 Å². The van der Waals surface area contributed by atoms with Gasteiger partial charge in [-0.05, 0) is 45.0 Å². The maximum absolute atomic E-state index is 11.6. The molecule has 0 fully saturated rings. The van der Waals surface area contributed by atoms with Crippen LogP contribution in [0.3, 0.4) is 0 Å². The number of rotatable bonds is 5. The summed E-state index contributed by atoms with van der Waals surface area (Å²) in [6.07, 6.45) is -0.107. The van der Waals surface area contributed by atoms with Gasteiger partial charge >= 0.3 is 0 Å². The topological polar surface area (TPSA) is 38.3 Å². The molecule has 0 saturated heterocycles. The van der Waals surface area contributed by atoms with Gasteiger partial charge in [-0.2, -0.15) is 0 Å². The van der Waals surface area contributed by atoms with Crippen LogP contribution in [0, 0.1) is 0 Å². The second kappa shape index (κ2) is 6.43. The molecular weight excluding hydrogens is 318 g/mol. The number of alkyl halides is 1. The molecule has 1 amide bonds. The van der Waals surface area contributed by atoms with Crippen LogP contribution in [0.25, 0.3) is 0 Å². The number of benzene rings is 1. The predicted octanol–water partition coefficient (Wildman–Crippen LogP) is 3.40. The Labute approximate surface area is 121 Å². The third kappa shape index (κ3) is 5.27. The summed E-state index contributed by atoms with van der Waals surface area (Å²) in [6.45, 7) is 5.95. The van der Waals surface area contributed by atoms with Gasteiger partial charge in [0.05, 0.1) is 10.9 Å². The SMILES string of the molecule is CC(CNC(=O)C(C)(C)Br)Oc1ccc(Cl)cc1. The molecule has 1 aromatic carbocycles. The first-order chi connectivity index (χ1) is 8.29. The van der Waals surface area contributed by atoms with Gasteiger partial charge in [-0.1, -0.05) is 27.5 Å². The average Bonchev–Trinajstić information content (AvgIpc) is 2.28. The van der Waals surface area contributed by atoms with Gasteiger partial charge in [0.15, 0.2) is 0 Å². The van der Waals surface area contributed by atoms with Crippen molar-refractivity contribution in [3.8, 4) is 5.75 Å². The minimum atomic E-state index is -0.563. The van der Waals surface area contributed by atoms with Crippen LogP contribution in [0.2, 0.25) is 5.02 Å². The summed E-state index contributed by atoms with van der Waals surface area (Å²) < 4.78 is 5.08. The van der Waals surface area contributed by atoms with Crippen LogP contribution in [0.1, 0.15) is 20.8 Å². The number of halogens is 2. The van der Waals surface area contributed by atoms with Crippen molar-refractivity contribution in [2.24, 2.45) is 0 Å². The summed E-state index contributed by atoms with van der Waals surface area (Å²) in [6, 6.07) is 7.14. The molecule has 0 aromatic heterocycles. The van der Waals surface area contributed by atoms with E-state index in [-0.39, 0.29) is 12.0 Å². The summed E-state index contributed by atoms with van der Waals surface area (Å²) in [7, 11) is 0. The van der Waals surface area contributed by atoms with Gasteiger partial charge in [-0.15, -0.1) is 0 Å². The summed E-state index contributed by atoms with van der Waals surface area (Å²) in [5.74, 6) is 0.674. The molecule has 1 aromatic rings. The van der Waals surface area contributed by atoms with Gasteiger partial charge in [-0.25, -0.2) is 0 Å². The Balaban J connectivity index is 2.40. The number of hydrogen-bond donors (Lipinski definition) is 1. The van der Waals surface area contributed by atoms with Crippen molar-refractivity contribution < 1.29 is 9.53 Å². The minimum absolute atomic E-state index is 0.0611. The minimum Gasteiger partial charge on any atom is -0.489 e. The molecule has 1 rings (SSSR count). The second-order valence-electron chi connectivity index (χ2n) is 4.56. The maximum atomic E-state index is 11.6. The normalized spacial score (nSPS) is 12.9. The van der Waals surface area contributed by atoms with Crippen molar-refractivity contribution in [3.63, 3.8) is 0 Å². The third-order valence-electron chi connectivity index (χ3n) is 2.24. The number of carbonyl (C=O) groups is 1. The average molecular weight is 335 g/mol. The van der Waals surface area contributed by atoms with Crippen LogP contribution in [0.5, 0.6) is 5.75 Å². The Morgan fingerprint density at radius 1 is 1.44 bits per heavy atom. The van der Waals surface area contributed by atoms with E-state index >= 15 is 0 Å². The zero-order valence-electron chi connectivity index (χ0n) is 10.7. The Morgan fingerprint density at radius 2 is 2.00 bits per heavy atom. The van der Waals surface area contributed by atoms with Crippen LogP contribution in [-0.2, 0) is 4.79 Å². The van der Waals surface area contributed by atoms with E-state index in [0.717, 1.165) is 5.75 Å². The lowest BCUT2D eigenvalue weighted by Gasteiger charge is -2.19. The van der Waals surface area contributed by atoms with E-state index in [0.29, 0.717) is 11.6 Å². The Kier molecular flexibility index (Phi) is 5.47. The fourth-order valence-electron chi connectivity index (χ4n) is 1.23. The maximum Gasteiger partial charge on any atom is 0.236 e. The van der Waals surface area contributed by atoms with Gasteiger partial charge in [0, 0.05) is 5.02 Å². The molecule has 0 bridgehead atoms. The van der Waals surface area contributed by atoms with Crippen molar-refractivity contribution in [2.75, 3.05) is 6.54 Å². The Morgan fingerprint density at radius 3 is 2.50 bits per heavy atom. The molecular formula is C13H17BrClNO2. The number of nitrogens with one attached hydrogen (secondary N) is 1. The van der Waals surface area contributed by atoms with Crippen LogP contribution in [-0.4, -0.2) is 22.9 Å². The molecule has 100 valence electrons. The van der Waals surface area contributed by atoms with Crippen molar-refractivity contribution in [2.45, 2.75) is 31.2 Å². The summed E-state index contributed by atoms with van der Waals surface area (Å²) in [5, 5.41) is 3.49. The molecule has 0 aliphatic heterocycles. The van der Waals surface area contributed by atoms with E-state index in [1.165, 1.54) is 0 Å². The largest absolute Gasteiger partial charge is 0.489 e. The number of carbonyl (C=O) groups excluding carboxylic acids is 1. The Hall–Kier alpha value is -0.740. The van der Waals surface area contributed by atoms with Crippen molar-refractivity contribution in [1.29, 1.82) is 0 Å². The quantitative estimate of drug-likeness (QED) is 0.838. The van der Waals surface area contributed by atoms with Gasteiger partial charge in [-0.3, -0.25) is 4.79 Å². The fraction of sp³-hybridized carbons (Fsp3) is 0.462. The highest BCUT2D eigenvalue weighted by Crippen LogP contribution is 2.17.